The minimum Gasteiger partial charge on any atom is -0.365 e. The third-order valence-electron chi connectivity index (χ3n) is 4.49. The SMILES string of the molecule is NC(=O)c1cnn2c([C@H]3CCCCN3Cc3cncs3)ccnc12. The van der Waals surface area contributed by atoms with Crippen LogP contribution in [0.1, 0.15) is 46.2 Å². The first-order valence-electron chi connectivity index (χ1n) is 7.98. The van der Waals surface area contributed by atoms with E-state index >= 15 is 0 Å². The lowest BCUT2D eigenvalue weighted by Crippen LogP contribution is -2.34. The molecule has 4 rings (SSSR count). The maximum absolute atomic E-state index is 11.6. The molecule has 1 atom stereocenters. The molecular formula is C16H18N6OS. The molecule has 0 unspecified atom stereocenters. The number of nitrogens with two attached hydrogens (primary N) is 1. The van der Waals surface area contributed by atoms with E-state index in [2.05, 4.69) is 20.0 Å². The Labute approximate surface area is 143 Å². The predicted octanol–water partition coefficient (Wildman–Crippen LogP) is 2.01. The quantitative estimate of drug-likeness (QED) is 0.783. The van der Waals surface area contributed by atoms with Crippen molar-refractivity contribution in [2.45, 2.75) is 31.8 Å². The summed E-state index contributed by atoms with van der Waals surface area (Å²) in [5, 5.41) is 4.36. The summed E-state index contributed by atoms with van der Waals surface area (Å²) in [7, 11) is 0. The van der Waals surface area contributed by atoms with E-state index in [1.807, 2.05) is 17.8 Å². The van der Waals surface area contributed by atoms with Gasteiger partial charge in [-0.3, -0.25) is 14.7 Å². The zero-order chi connectivity index (χ0) is 16.5. The molecule has 0 aromatic carbocycles. The fourth-order valence-electron chi connectivity index (χ4n) is 3.37. The lowest BCUT2D eigenvalue weighted by molar-refractivity contribution is 0.100. The van der Waals surface area contributed by atoms with Gasteiger partial charge in [-0.1, -0.05) is 6.42 Å². The Balaban J connectivity index is 1.72. The Hall–Kier alpha value is -2.32. The van der Waals surface area contributed by atoms with Crippen LogP contribution in [0.25, 0.3) is 5.65 Å². The van der Waals surface area contributed by atoms with Crippen molar-refractivity contribution in [3.05, 3.63) is 46.3 Å². The number of likely N-dealkylation sites (tertiary alicyclic amines) is 1. The fourth-order valence-corrected chi connectivity index (χ4v) is 3.99. The molecule has 0 aliphatic carbocycles. The summed E-state index contributed by atoms with van der Waals surface area (Å²) in [6.07, 6.45) is 8.59. The van der Waals surface area contributed by atoms with Crippen LogP contribution < -0.4 is 5.73 Å². The first-order chi connectivity index (χ1) is 11.7. The van der Waals surface area contributed by atoms with Crippen molar-refractivity contribution >= 4 is 22.9 Å². The number of amides is 1. The summed E-state index contributed by atoms with van der Waals surface area (Å²) in [5.74, 6) is -0.500. The minimum absolute atomic E-state index is 0.243. The van der Waals surface area contributed by atoms with Crippen LogP contribution in [0.3, 0.4) is 0 Å². The van der Waals surface area contributed by atoms with Gasteiger partial charge in [0.05, 0.1) is 23.4 Å². The first kappa shape index (κ1) is 15.2. The molecule has 0 spiro atoms. The molecule has 0 bridgehead atoms. The normalized spacial score (nSPS) is 18.9. The van der Waals surface area contributed by atoms with Crippen molar-refractivity contribution in [2.24, 2.45) is 5.73 Å². The van der Waals surface area contributed by atoms with Crippen molar-refractivity contribution in [3.63, 3.8) is 0 Å². The Morgan fingerprint density at radius 2 is 2.29 bits per heavy atom. The lowest BCUT2D eigenvalue weighted by atomic mass is 9.99. The number of nitrogens with zero attached hydrogens (tertiary/aromatic N) is 5. The number of hydrogen-bond donors (Lipinski definition) is 1. The van der Waals surface area contributed by atoms with Crippen LogP contribution in [0.15, 0.2) is 30.2 Å². The average Bonchev–Trinajstić information content (AvgIpc) is 3.24. The van der Waals surface area contributed by atoms with Gasteiger partial charge in [0.25, 0.3) is 5.91 Å². The van der Waals surface area contributed by atoms with Crippen molar-refractivity contribution in [1.82, 2.24) is 24.5 Å². The molecule has 8 heteroatoms. The van der Waals surface area contributed by atoms with Gasteiger partial charge >= 0.3 is 0 Å². The van der Waals surface area contributed by atoms with Gasteiger partial charge in [0.1, 0.15) is 5.56 Å². The van der Waals surface area contributed by atoms with Crippen LogP contribution in [0.2, 0.25) is 0 Å². The predicted molar refractivity (Wildman–Crippen MR) is 90.6 cm³/mol. The van der Waals surface area contributed by atoms with Crippen LogP contribution >= 0.6 is 11.3 Å². The highest BCUT2D eigenvalue weighted by Gasteiger charge is 2.27. The van der Waals surface area contributed by atoms with Gasteiger partial charge < -0.3 is 5.73 Å². The molecule has 1 fully saturated rings. The minimum atomic E-state index is -0.500. The largest absolute Gasteiger partial charge is 0.365 e. The third-order valence-corrected chi connectivity index (χ3v) is 5.26. The summed E-state index contributed by atoms with van der Waals surface area (Å²) in [6.45, 7) is 1.92. The number of aromatic nitrogens is 4. The molecule has 3 aromatic heterocycles. The van der Waals surface area contributed by atoms with E-state index in [1.54, 1.807) is 22.0 Å². The van der Waals surface area contributed by atoms with E-state index < -0.39 is 5.91 Å². The molecular weight excluding hydrogens is 324 g/mol. The second kappa shape index (κ2) is 6.29. The maximum Gasteiger partial charge on any atom is 0.254 e. The number of carbonyl (C=O) groups excluding carboxylic acids is 1. The zero-order valence-corrected chi connectivity index (χ0v) is 13.9. The Morgan fingerprint density at radius 1 is 1.38 bits per heavy atom. The van der Waals surface area contributed by atoms with Gasteiger partial charge in [-0.15, -0.1) is 11.3 Å². The Morgan fingerprint density at radius 3 is 3.08 bits per heavy atom. The maximum atomic E-state index is 11.6. The number of hydrogen-bond acceptors (Lipinski definition) is 6. The van der Waals surface area contributed by atoms with Gasteiger partial charge in [-0.25, -0.2) is 9.50 Å². The van der Waals surface area contributed by atoms with Crippen molar-refractivity contribution in [2.75, 3.05) is 6.54 Å². The highest BCUT2D eigenvalue weighted by atomic mass is 32.1. The molecule has 2 N–H and O–H groups in total. The molecule has 24 heavy (non-hydrogen) atoms. The molecule has 0 radical (unpaired) electrons. The molecule has 0 saturated carbocycles. The number of fused-ring (bicyclic) bond motifs is 1. The van der Waals surface area contributed by atoms with Crippen LogP contribution in [-0.4, -0.2) is 36.9 Å². The van der Waals surface area contributed by atoms with Crippen LogP contribution in [0.5, 0.6) is 0 Å². The van der Waals surface area contributed by atoms with Crippen molar-refractivity contribution in [3.8, 4) is 0 Å². The number of rotatable bonds is 4. The van der Waals surface area contributed by atoms with Gasteiger partial charge in [0.2, 0.25) is 0 Å². The highest BCUT2D eigenvalue weighted by molar-refractivity contribution is 7.09. The third kappa shape index (κ3) is 2.67. The van der Waals surface area contributed by atoms with Crippen molar-refractivity contribution in [1.29, 1.82) is 0 Å². The summed E-state index contributed by atoms with van der Waals surface area (Å²) >= 11 is 1.68. The molecule has 1 aliphatic rings. The van der Waals surface area contributed by atoms with E-state index in [0.717, 1.165) is 25.2 Å². The molecule has 3 aromatic rings. The molecule has 4 heterocycles. The topological polar surface area (TPSA) is 89.4 Å². The monoisotopic (exact) mass is 342 g/mol. The number of primary amides is 1. The van der Waals surface area contributed by atoms with E-state index in [4.69, 9.17) is 5.73 Å². The molecule has 1 saturated heterocycles. The summed E-state index contributed by atoms with van der Waals surface area (Å²) in [6, 6.07) is 2.23. The summed E-state index contributed by atoms with van der Waals surface area (Å²) in [5.41, 5.74) is 9.23. The number of thiazole rings is 1. The molecule has 7 nitrogen and oxygen atoms in total. The highest BCUT2D eigenvalue weighted by Crippen LogP contribution is 2.32. The second-order valence-corrected chi connectivity index (χ2v) is 6.95. The zero-order valence-electron chi connectivity index (χ0n) is 13.1. The number of piperidine rings is 1. The summed E-state index contributed by atoms with van der Waals surface area (Å²) < 4.78 is 1.76. The van der Waals surface area contributed by atoms with Crippen LogP contribution in [-0.2, 0) is 6.54 Å². The van der Waals surface area contributed by atoms with Crippen LogP contribution in [0, 0.1) is 0 Å². The Bertz CT molecular complexity index is 859. The van der Waals surface area contributed by atoms with E-state index in [9.17, 15) is 4.79 Å². The second-order valence-electron chi connectivity index (χ2n) is 5.98. The summed E-state index contributed by atoms with van der Waals surface area (Å²) in [4.78, 5) is 23.7. The number of carbonyl (C=O) groups is 1. The Kier molecular flexibility index (Phi) is 3.99. The van der Waals surface area contributed by atoms with Gasteiger partial charge in [-0.2, -0.15) is 5.10 Å². The van der Waals surface area contributed by atoms with E-state index in [1.165, 1.54) is 23.9 Å². The smallest absolute Gasteiger partial charge is 0.254 e. The molecule has 124 valence electrons. The van der Waals surface area contributed by atoms with Gasteiger partial charge in [-0.05, 0) is 25.5 Å². The lowest BCUT2D eigenvalue weighted by Gasteiger charge is -2.35. The average molecular weight is 342 g/mol. The molecule has 1 aliphatic heterocycles. The van der Waals surface area contributed by atoms with E-state index in [0.29, 0.717) is 11.2 Å². The molecule has 1 amide bonds. The first-order valence-corrected chi connectivity index (χ1v) is 8.86. The standard InChI is InChI=1S/C16H18N6OS/c17-15(23)12-8-20-22-14(4-5-19-16(12)22)13-3-1-2-6-21(13)9-11-7-18-10-24-11/h4-5,7-8,10,13H,1-3,6,9H2,(H2,17,23)/t13-/m1/s1. The van der Waals surface area contributed by atoms with Crippen LogP contribution in [0.4, 0.5) is 0 Å². The van der Waals surface area contributed by atoms with E-state index in [-0.39, 0.29) is 6.04 Å². The van der Waals surface area contributed by atoms with Gasteiger partial charge in [0, 0.05) is 23.8 Å². The fraction of sp³-hybridized carbons (Fsp3) is 0.375. The van der Waals surface area contributed by atoms with Gasteiger partial charge in [0.15, 0.2) is 5.65 Å². The van der Waals surface area contributed by atoms with Crippen molar-refractivity contribution < 1.29 is 4.79 Å².